The highest BCUT2D eigenvalue weighted by Crippen LogP contribution is 2.21. The summed E-state index contributed by atoms with van der Waals surface area (Å²) in [5.74, 6) is 0.453. The summed E-state index contributed by atoms with van der Waals surface area (Å²) in [6.07, 6.45) is 0.876. The summed E-state index contributed by atoms with van der Waals surface area (Å²) in [5.41, 5.74) is 0.461. The van der Waals surface area contributed by atoms with Crippen molar-refractivity contribution < 1.29 is 4.79 Å². The number of hydrogen-bond acceptors (Lipinski definition) is 4. The number of hydrogen-bond donors (Lipinski definition) is 1. The van der Waals surface area contributed by atoms with Gasteiger partial charge in [0.05, 0.1) is 16.7 Å². The van der Waals surface area contributed by atoms with Gasteiger partial charge < -0.3 is 5.32 Å². The Morgan fingerprint density at radius 1 is 1.36 bits per heavy atom. The van der Waals surface area contributed by atoms with E-state index in [2.05, 4.69) is 10.3 Å². The molecule has 0 bridgehead atoms. The molecule has 1 amide bonds. The molecule has 136 valence electrons. The van der Waals surface area contributed by atoms with Crippen molar-refractivity contribution in [1.29, 1.82) is 0 Å². The highest BCUT2D eigenvalue weighted by molar-refractivity contribution is 7.99. The van der Waals surface area contributed by atoms with Crippen molar-refractivity contribution in [3.8, 4) is 0 Å². The number of thioether (sulfide) groups is 1. The number of amides is 1. The lowest BCUT2D eigenvalue weighted by atomic mass is 10.2. The van der Waals surface area contributed by atoms with Gasteiger partial charge in [-0.25, -0.2) is 4.98 Å². The fourth-order valence-corrected chi connectivity index (χ4v) is 3.34. The molecule has 2 aromatic rings. The van der Waals surface area contributed by atoms with Crippen LogP contribution in [0.4, 0.5) is 0 Å². The van der Waals surface area contributed by atoms with E-state index in [4.69, 9.17) is 11.6 Å². The minimum atomic E-state index is -0.0970. The largest absolute Gasteiger partial charge is 0.353 e. The number of benzene rings is 1. The lowest BCUT2D eigenvalue weighted by Crippen LogP contribution is -2.33. The van der Waals surface area contributed by atoms with Crippen LogP contribution < -0.4 is 10.9 Å². The number of fused-ring (bicyclic) bond motifs is 1. The third kappa shape index (κ3) is 5.22. The first kappa shape index (κ1) is 19.8. The topological polar surface area (TPSA) is 64.0 Å². The van der Waals surface area contributed by atoms with Crippen LogP contribution in [0.15, 0.2) is 28.2 Å². The van der Waals surface area contributed by atoms with Gasteiger partial charge in [-0.3, -0.25) is 14.2 Å². The Balaban J connectivity index is 2.35. The lowest BCUT2D eigenvalue weighted by Gasteiger charge is -2.15. The molecule has 1 aromatic heterocycles. The Morgan fingerprint density at radius 2 is 2.08 bits per heavy atom. The maximum absolute atomic E-state index is 12.8. The molecule has 0 fully saturated rings. The SMILES string of the molecule is CCC(C)NC(=O)CSc1nc2cc(Cl)ccc2c(=O)n1CC(C)C. The van der Waals surface area contributed by atoms with Gasteiger partial charge in [0.25, 0.3) is 5.56 Å². The highest BCUT2D eigenvalue weighted by Gasteiger charge is 2.15. The van der Waals surface area contributed by atoms with Crippen molar-refractivity contribution in [2.45, 2.75) is 51.9 Å². The number of nitrogens with one attached hydrogen (secondary N) is 1. The Hall–Kier alpha value is -1.53. The quantitative estimate of drug-likeness (QED) is 0.586. The Labute approximate surface area is 157 Å². The number of carbonyl (C=O) groups excluding carboxylic acids is 1. The van der Waals surface area contributed by atoms with Gasteiger partial charge in [-0.1, -0.05) is 44.1 Å². The average molecular weight is 382 g/mol. The van der Waals surface area contributed by atoms with Crippen LogP contribution in [0, 0.1) is 5.92 Å². The maximum Gasteiger partial charge on any atom is 0.262 e. The van der Waals surface area contributed by atoms with E-state index < -0.39 is 0 Å². The molecule has 1 unspecified atom stereocenters. The number of halogens is 1. The van der Waals surface area contributed by atoms with Crippen molar-refractivity contribution in [2.75, 3.05) is 5.75 Å². The predicted octanol–water partition coefficient (Wildman–Crippen LogP) is 3.71. The molecule has 1 aromatic carbocycles. The van der Waals surface area contributed by atoms with Crippen molar-refractivity contribution in [2.24, 2.45) is 5.92 Å². The van der Waals surface area contributed by atoms with Gasteiger partial charge in [-0.2, -0.15) is 0 Å². The fourth-order valence-electron chi connectivity index (χ4n) is 2.36. The van der Waals surface area contributed by atoms with E-state index in [1.165, 1.54) is 11.8 Å². The predicted molar refractivity (Wildman–Crippen MR) is 104 cm³/mol. The van der Waals surface area contributed by atoms with E-state index in [-0.39, 0.29) is 29.2 Å². The summed E-state index contributed by atoms with van der Waals surface area (Å²) in [7, 11) is 0. The van der Waals surface area contributed by atoms with Gasteiger partial charge in [0, 0.05) is 17.6 Å². The smallest absolute Gasteiger partial charge is 0.262 e. The van der Waals surface area contributed by atoms with Crippen LogP contribution in [-0.2, 0) is 11.3 Å². The molecule has 7 heteroatoms. The van der Waals surface area contributed by atoms with Crippen molar-refractivity contribution in [3.63, 3.8) is 0 Å². The van der Waals surface area contributed by atoms with Crippen LogP contribution >= 0.6 is 23.4 Å². The molecule has 25 heavy (non-hydrogen) atoms. The molecule has 1 atom stereocenters. The molecule has 1 N–H and O–H groups in total. The van der Waals surface area contributed by atoms with Gasteiger partial charge in [0.2, 0.25) is 5.91 Å². The third-order valence-corrected chi connectivity index (χ3v) is 4.99. The zero-order valence-electron chi connectivity index (χ0n) is 15.0. The molecule has 0 saturated carbocycles. The summed E-state index contributed by atoms with van der Waals surface area (Å²) >= 11 is 7.31. The Morgan fingerprint density at radius 3 is 2.72 bits per heavy atom. The standard InChI is InChI=1S/C18H24ClN3O2S/c1-5-12(4)20-16(23)10-25-18-21-15-8-13(19)6-7-14(15)17(24)22(18)9-11(2)3/h6-8,11-12H,5,9-10H2,1-4H3,(H,20,23). The molecule has 1 heterocycles. The molecule has 0 aliphatic carbocycles. The highest BCUT2D eigenvalue weighted by atomic mass is 35.5. The van der Waals surface area contributed by atoms with Gasteiger partial charge >= 0.3 is 0 Å². The zero-order chi connectivity index (χ0) is 18.6. The molecule has 0 aliphatic heterocycles. The van der Waals surface area contributed by atoms with Gasteiger partial charge in [0.1, 0.15) is 0 Å². The molecule has 5 nitrogen and oxygen atoms in total. The summed E-state index contributed by atoms with van der Waals surface area (Å²) in [6.45, 7) is 8.63. The van der Waals surface area contributed by atoms with Crippen LogP contribution in [0.2, 0.25) is 5.02 Å². The van der Waals surface area contributed by atoms with E-state index in [9.17, 15) is 9.59 Å². The maximum atomic E-state index is 12.8. The molecule has 0 aliphatic rings. The van der Waals surface area contributed by atoms with Crippen LogP contribution in [0.1, 0.15) is 34.1 Å². The van der Waals surface area contributed by atoms with Crippen LogP contribution in [0.25, 0.3) is 10.9 Å². The number of rotatable bonds is 7. The normalized spacial score (nSPS) is 12.6. The molecule has 2 rings (SSSR count). The van der Waals surface area contributed by atoms with Crippen LogP contribution in [0.5, 0.6) is 0 Å². The van der Waals surface area contributed by atoms with Crippen molar-refractivity contribution >= 4 is 40.2 Å². The van der Waals surface area contributed by atoms with Gasteiger partial charge in [-0.05, 0) is 37.5 Å². The second-order valence-corrected chi connectivity index (χ2v) is 7.91. The van der Waals surface area contributed by atoms with Gasteiger partial charge in [0.15, 0.2) is 5.16 Å². The van der Waals surface area contributed by atoms with Gasteiger partial charge in [-0.15, -0.1) is 0 Å². The molecule has 0 radical (unpaired) electrons. The van der Waals surface area contributed by atoms with Crippen LogP contribution in [-0.4, -0.2) is 27.3 Å². The summed E-state index contributed by atoms with van der Waals surface area (Å²) in [6, 6.07) is 5.21. The third-order valence-electron chi connectivity index (χ3n) is 3.78. The average Bonchev–Trinajstić information content (AvgIpc) is 2.55. The first-order valence-electron chi connectivity index (χ1n) is 8.44. The van der Waals surface area contributed by atoms with Crippen molar-refractivity contribution in [1.82, 2.24) is 14.9 Å². The molecule has 0 spiro atoms. The first-order valence-corrected chi connectivity index (χ1v) is 9.80. The lowest BCUT2D eigenvalue weighted by molar-refractivity contribution is -0.119. The summed E-state index contributed by atoms with van der Waals surface area (Å²) in [4.78, 5) is 29.5. The molecule has 0 saturated heterocycles. The summed E-state index contributed by atoms with van der Waals surface area (Å²) < 4.78 is 1.65. The first-order chi connectivity index (χ1) is 11.8. The number of nitrogens with zero attached hydrogens (tertiary/aromatic N) is 2. The molecular formula is C18H24ClN3O2S. The second kappa shape index (κ2) is 8.72. The fraction of sp³-hybridized carbons (Fsp3) is 0.500. The van der Waals surface area contributed by atoms with E-state index in [0.29, 0.717) is 27.6 Å². The minimum absolute atomic E-state index is 0.0594. The Kier molecular flexibility index (Phi) is 6.90. The summed E-state index contributed by atoms with van der Waals surface area (Å²) in [5, 5.41) is 4.55. The van der Waals surface area contributed by atoms with E-state index in [0.717, 1.165) is 6.42 Å². The number of aromatic nitrogens is 2. The van der Waals surface area contributed by atoms with E-state index in [1.807, 2.05) is 27.7 Å². The van der Waals surface area contributed by atoms with E-state index in [1.54, 1.807) is 22.8 Å². The minimum Gasteiger partial charge on any atom is -0.353 e. The Bertz CT molecular complexity index is 820. The monoisotopic (exact) mass is 381 g/mol. The van der Waals surface area contributed by atoms with Crippen molar-refractivity contribution in [3.05, 3.63) is 33.6 Å². The van der Waals surface area contributed by atoms with E-state index >= 15 is 0 Å². The second-order valence-electron chi connectivity index (χ2n) is 6.53. The zero-order valence-corrected chi connectivity index (χ0v) is 16.6. The number of carbonyl (C=O) groups is 1. The van der Waals surface area contributed by atoms with Crippen LogP contribution in [0.3, 0.4) is 0 Å². The molecular weight excluding hydrogens is 358 g/mol.